The van der Waals surface area contributed by atoms with E-state index >= 15 is 0 Å². The predicted octanol–water partition coefficient (Wildman–Crippen LogP) is 2.72. The third kappa shape index (κ3) is 3.61. The molecule has 0 amide bonds. The monoisotopic (exact) mass is 324 g/mol. The van der Waals surface area contributed by atoms with Gasteiger partial charge in [0.15, 0.2) is 5.78 Å². The largest absolute Gasteiger partial charge is 0.460 e. The fourth-order valence-electron chi connectivity index (χ4n) is 2.03. The van der Waals surface area contributed by atoms with Crippen molar-refractivity contribution in [1.82, 2.24) is 14.8 Å². The van der Waals surface area contributed by atoms with Gasteiger partial charge >= 0.3 is 5.82 Å². The van der Waals surface area contributed by atoms with Crippen LogP contribution in [0.25, 0.3) is 6.08 Å². The molecule has 3 aromatic rings. The van der Waals surface area contributed by atoms with E-state index < -0.39 is 4.92 Å². The van der Waals surface area contributed by atoms with E-state index in [0.717, 1.165) is 0 Å². The van der Waals surface area contributed by atoms with Gasteiger partial charge in [-0.15, -0.1) is 0 Å². The first-order chi connectivity index (χ1) is 11.6. The number of ketones is 1. The molecule has 0 aromatic carbocycles. The van der Waals surface area contributed by atoms with Gasteiger partial charge in [0, 0.05) is 18.0 Å². The molecule has 0 fully saturated rings. The van der Waals surface area contributed by atoms with E-state index in [4.69, 9.17) is 4.42 Å². The van der Waals surface area contributed by atoms with Gasteiger partial charge in [0.1, 0.15) is 18.1 Å². The number of allylic oxidation sites excluding steroid dienone is 1. The Labute approximate surface area is 136 Å². The molecule has 0 aliphatic carbocycles. The molecular formula is C16H12N4O4. The van der Waals surface area contributed by atoms with Crippen LogP contribution in [0, 0.1) is 10.1 Å². The number of carbonyl (C=O) groups excluding carboxylic acids is 1. The fourth-order valence-corrected chi connectivity index (χ4v) is 2.03. The summed E-state index contributed by atoms with van der Waals surface area (Å²) in [6.07, 6.45) is 7.55. The Morgan fingerprint density at radius 1 is 1.33 bits per heavy atom. The molecule has 0 saturated carbocycles. The smallest absolute Gasteiger partial charge is 0.389 e. The zero-order chi connectivity index (χ0) is 16.9. The number of hydrogen-bond acceptors (Lipinski definition) is 6. The van der Waals surface area contributed by atoms with Crippen LogP contribution < -0.4 is 0 Å². The quantitative estimate of drug-likeness (QED) is 0.299. The number of nitro groups is 1. The van der Waals surface area contributed by atoms with Gasteiger partial charge in [-0.25, -0.2) is 0 Å². The van der Waals surface area contributed by atoms with Crippen LogP contribution in [0.3, 0.4) is 0 Å². The molecule has 3 heterocycles. The number of hydrogen-bond donors (Lipinski definition) is 0. The van der Waals surface area contributed by atoms with Gasteiger partial charge in [0.2, 0.25) is 0 Å². The lowest BCUT2D eigenvalue weighted by molar-refractivity contribution is -0.389. The average Bonchev–Trinajstić information content (AvgIpc) is 3.23. The van der Waals surface area contributed by atoms with E-state index in [2.05, 4.69) is 10.1 Å². The number of carbonyl (C=O) groups is 1. The van der Waals surface area contributed by atoms with Crippen LogP contribution in [0.1, 0.15) is 21.9 Å². The molecule has 8 heteroatoms. The van der Waals surface area contributed by atoms with Gasteiger partial charge in [-0.2, -0.15) is 4.68 Å². The fraction of sp³-hybridized carbons (Fsp3) is 0.0625. The molecule has 0 atom stereocenters. The second kappa shape index (κ2) is 6.69. The van der Waals surface area contributed by atoms with E-state index in [1.54, 1.807) is 36.5 Å². The Morgan fingerprint density at radius 3 is 2.92 bits per heavy atom. The van der Waals surface area contributed by atoms with E-state index in [-0.39, 0.29) is 18.1 Å². The van der Waals surface area contributed by atoms with Crippen LogP contribution in [0.5, 0.6) is 0 Å². The highest BCUT2D eigenvalue weighted by Gasteiger charge is 2.12. The molecule has 8 nitrogen and oxygen atoms in total. The van der Waals surface area contributed by atoms with Gasteiger partial charge in [-0.1, -0.05) is 0 Å². The average molecular weight is 324 g/mol. The van der Waals surface area contributed by atoms with Gasteiger partial charge in [0.25, 0.3) is 0 Å². The van der Waals surface area contributed by atoms with E-state index in [1.807, 2.05) is 0 Å². The maximum Gasteiger partial charge on any atom is 0.389 e. The van der Waals surface area contributed by atoms with Gasteiger partial charge in [-0.05, 0) is 41.3 Å². The van der Waals surface area contributed by atoms with Crippen molar-refractivity contribution in [2.75, 3.05) is 0 Å². The lowest BCUT2D eigenvalue weighted by atomic mass is 10.2. The van der Waals surface area contributed by atoms with Gasteiger partial charge in [-0.3, -0.25) is 9.78 Å². The standard InChI is InChI=1S/C16H12N4O4/c21-15(12-2-1-8-17-10-12)6-5-13-3-4-14(24-13)11-19-9-7-16(18-19)20(22)23/h1-10H,11H2/b6-5+. The Bertz CT molecular complexity index is 896. The third-order valence-corrected chi connectivity index (χ3v) is 3.16. The molecule has 3 aromatic heterocycles. The molecular weight excluding hydrogens is 312 g/mol. The molecule has 24 heavy (non-hydrogen) atoms. The van der Waals surface area contributed by atoms with E-state index in [1.165, 1.54) is 29.2 Å². The van der Waals surface area contributed by atoms with Crippen LogP contribution in [0.2, 0.25) is 0 Å². The molecule has 0 aliphatic heterocycles. The summed E-state index contributed by atoms with van der Waals surface area (Å²) in [5.74, 6) is 0.679. The molecule has 0 aliphatic rings. The van der Waals surface area contributed by atoms with Crippen molar-refractivity contribution in [2.24, 2.45) is 0 Å². The topological polar surface area (TPSA) is 104 Å². The van der Waals surface area contributed by atoms with E-state index in [0.29, 0.717) is 17.1 Å². The minimum Gasteiger partial charge on any atom is -0.460 e. The minimum atomic E-state index is -0.559. The van der Waals surface area contributed by atoms with Crippen molar-refractivity contribution >= 4 is 17.7 Å². The second-order valence-electron chi connectivity index (χ2n) is 4.87. The summed E-state index contributed by atoms with van der Waals surface area (Å²) < 4.78 is 6.97. The highest BCUT2D eigenvalue weighted by atomic mass is 16.6. The van der Waals surface area contributed by atoms with E-state index in [9.17, 15) is 14.9 Å². The Morgan fingerprint density at radius 2 is 2.21 bits per heavy atom. The number of nitrogens with zero attached hydrogens (tertiary/aromatic N) is 4. The van der Waals surface area contributed by atoms with Crippen molar-refractivity contribution in [2.45, 2.75) is 6.54 Å². The maximum absolute atomic E-state index is 11.9. The first-order valence-electron chi connectivity index (χ1n) is 7.01. The molecule has 0 saturated heterocycles. The highest BCUT2D eigenvalue weighted by molar-refractivity contribution is 6.06. The van der Waals surface area contributed by atoms with Crippen LogP contribution in [-0.4, -0.2) is 25.5 Å². The normalized spacial score (nSPS) is 11.0. The zero-order valence-electron chi connectivity index (χ0n) is 12.4. The Balaban J connectivity index is 1.65. The first kappa shape index (κ1) is 15.3. The number of rotatable bonds is 6. The lowest BCUT2D eigenvalue weighted by Gasteiger charge is -1.94. The summed E-state index contributed by atoms with van der Waals surface area (Å²) in [6, 6.07) is 8.12. The summed E-state index contributed by atoms with van der Waals surface area (Å²) in [6.45, 7) is 0.262. The molecule has 0 bridgehead atoms. The summed E-state index contributed by atoms with van der Waals surface area (Å²) >= 11 is 0. The van der Waals surface area contributed by atoms with Crippen LogP contribution in [0.4, 0.5) is 5.82 Å². The Hall–Kier alpha value is -3.55. The number of pyridine rings is 1. The summed E-state index contributed by atoms with van der Waals surface area (Å²) in [4.78, 5) is 25.9. The first-order valence-corrected chi connectivity index (χ1v) is 7.01. The maximum atomic E-state index is 11.9. The SMILES string of the molecule is O=C(/C=C/c1ccc(Cn2ccc([N+](=O)[O-])n2)o1)c1cccnc1. The minimum absolute atomic E-state index is 0.177. The molecule has 0 unspecified atom stereocenters. The summed E-state index contributed by atoms with van der Waals surface area (Å²) in [5.41, 5.74) is 0.490. The number of aromatic nitrogens is 3. The third-order valence-electron chi connectivity index (χ3n) is 3.16. The Kier molecular flexibility index (Phi) is 4.28. The van der Waals surface area contributed by atoms with Crippen molar-refractivity contribution < 1.29 is 14.1 Å². The summed E-state index contributed by atoms with van der Waals surface area (Å²) in [7, 11) is 0. The number of furan rings is 1. The highest BCUT2D eigenvalue weighted by Crippen LogP contribution is 2.13. The van der Waals surface area contributed by atoms with Crippen molar-refractivity contribution in [1.29, 1.82) is 0 Å². The molecule has 0 radical (unpaired) electrons. The second-order valence-corrected chi connectivity index (χ2v) is 4.87. The molecule has 0 N–H and O–H groups in total. The molecule has 3 rings (SSSR count). The van der Waals surface area contributed by atoms with Crippen molar-refractivity contribution in [3.05, 3.63) is 82.2 Å². The molecule has 0 spiro atoms. The van der Waals surface area contributed by atoms with Crippen LogP contribution in [-0.2, 0) is 6.54 Å². The van der Waals surface area contributed by atoms with Gasteiger partial charge < -0.3 is 14.5 Å². The van der Waals surface area contributed by atoms with Crippen LogP contribution >= 0.6 is 0 Å². The van der Waals surface area contributed by atoms with Crippen molar-refractivity contribution in [3.63, 3.8) is 0 Å². The lowest BCUT2D eigenvalue weighted by Crippen LogP contribution is -2.00. The predicted molar refractivity (Wildman–Crippen MR) is 84.3 cm³/mol. The van der Waals surface area contributed by atoms with Crippen molar-refractivity contribution in [3.8, 4) is 0 Å². The zero-order valence-corrected chi connectivity index (χ0v) is 12.4. The van der Waals surface area contributed by atoms with Gasteiger partial charge in [0.05, 0.1) is 17.4 Å². The van der Waals surface area contributed by atoms with Crippen LogP contribution in [0.15, 0.2) is 59.4 Å². The summed E-state index contributed by atoms with van der Waals surface area (Å²) in [5, 5.41) is 14.4. The molecule has 120 valence electrons.